The van der Waals surface area contributed by atoms with E-state index >= 15 is 0 Å². The van der Waals surface area contributed by atoms with E-state index in [9.17, 15) is 4.79 Å². The number of carbonyl (C=O) groups is 1. The normalized spacial score (nSPS) is 20.5. The fraction of sp³-hybridized carbons (Fsp3) is 0.381. The molecular formula is C21H27N3O2. The number of nitrogens with zero attached hydrogens (tertiary/aromatic N) is 1. The molecule has 3 N–H and O–H groups in total. The van der Waals surface area contributed by atoms with Crippen LogP contribution in [0, 0.1) is 5.92 Å². The number of benzene rings is 2. The molecule has 0 bridgehead atoms. The average Bonchev–Trinajstić information content (AvgIpc) is 2.66. The van der Waals surface area contributed by atoms with E-state index in [1.165, 1.54) is 5.56 Å². The van der Waals surface area contributed by atoms with Gasteiger partial charge in [-0.1, -0.05) is 42.5 Å². The highest BCUT2D eigenvalue weighted by atomic mass is 16.5. The fourth-order valence-corrected chi connectivity index (χ4v) is 3.49. The third-order valence-electron chi connectivity index (χ3n) is 4.84. The standard InChI is InChI=1S/C21H27N3O2/c1-2-26-21(25)17-15-24(14-16-8-4-3-5-9-16)13-12-19(17)23-20-11-7-6-10-18(20)22/h3-11,17,19,23H,2,12-15,22H2,1H3. The highest BCUT2D eigenvalue weighted by Crippen LogP contribution is 2.26. The van der Waals surface area contributed by atoms with Crippen molar-refractivity contribution in [1.82, 2.24) is 4.90 Å². The van der Waals surface area contributed by atoms with Crippen LogP contribution in [0.1, 0.15) is 18.9 Å². The van der Waals surface area contributed by atoms with E-state index in [0.29, 0.717) is 18.8 Å². The molecule has 26 heavy (non-hydrogen) atoms. The predicted octanol–water partition coefficient (Wildman–Crippen LogP) is 3.13. The van der Waals surface area contributed by atoms with E-state index in [-0.39, 0.29) is 17.9 Å². The molecule has 0 amide bonds. The molecule has 1 aliphatic heterocycles. The van der Waals surface area contributed by atoms with Crippen LogP contribution in [0.5, 0.6) is 0 Å². The van der Waals surface area contributed by atoms with Crippen LogP contribution < -0.4 is 11.1 Å². The second-order valence-corrected chi connectivity index (χ2v) is 6.71. The Labute approximate surface area is 155 Å². The summed E-state index contributed by atoms with van der Waals surface area (Å²) in [5, 5.41) is 3.47. The molecule has 0 radical (unpaired) electrons. The number of likely N-dealkylation sites (tertiary alicyclic amines) is 1. The number of carbonyl (C=O) groups excluding carboxylic acids is 1. The van der Waals surface area contributed by atoms with Gasteiger partial charge in [-0.2, -0.15) is 0 Å². The summed E-state index contributed by atoms with van der Waals surface area (Å²) in [5.74, 6) is -0.357. The zero-order chi connectivity index (χ0) is 18.4. The first-order valence-corrected chi connectivity index (χ1v) is 9.21. The number of piperidine rings is 1. The van der Waals surface area contributed by atoms with Crippen LogP contribution in [-0.2, 0) is 16.1 Å². The molecule has 2 aromatic carbocycles. The van der Waals surface area contributed by atoms with E-state index in [1.807, 2.05) is 49.4 Å². The molecule has 5 nitrogen and oxygen atoms in total. The van der Waals surface area contributed by atoms with Gasteiger partial charge >= 0.3 is 5.97 Å². The fourth-order valence-electron chi connectivity index (χ4n) is 3.49. The van der Waals surface area contributed by atoms with Crippen molar-refractivity contribution in [3.63, 3.8) is 0 Å². The van der Waals surface area contributed by atoms with Crippen molar-refractivity contribution < 1.29 is 9.53 Å². The maximum atomic E-state index is 12.6. The number of rotatable bonds is 6. The molecule has 138 valence electrons. The van der Waals surface area contributed by atoms with Gasteiger partial charge < -0.3 is 15.8 Å². The molecule has 0 aromatic heterocycles. The Kier molecular flexibility index (Phi) is 6.12. The van der Waals surface area contributed by atoms with Crippen LogP contribution in [0.2, 0.25) is 0 Å². The zero-order valence-electron chi connectivity index (χ0n) is 15.2. The van der Waals surface area contributed by atoms with Crippen LogP contribution in [0.4, 0.5) is 11.4 Å². The summed E-state index contributed by atoms with van der Waals surface area (Å²) in [6, 6.07) is 18.0. The summed E-state index contributed by atoms with van der Waals surface area (Å²) >= 11 is 0. The van der Waals surface area contributed by atoms with Crippen molar-refractivity contribution in [1.29, 1.82) is 0 Å². The summed E-state index contributed by atoms with van der Waals surface area (Å²) in [7, 11) is 0. The number of nitrogen functional groups attached to an aromatic ring is 1. The van der Waals surface area contributed by atoms with Gasteiger partial charge in [0.15, 0.2) is 0 Å². The quantitative estimate of drug-likeness (QED) is 0.617. The van der Waals surface area contributed by atoms with Gasteiger partial charge in [-0.3, -0.25) is 9.69 Å². The lowest BCUT2D eigenvalue weighted by atomic mass is 9.91. The van der Waals surface area contributed by atoms with E-state index in [2.05, 4.69) is 22.3 Å². The Bertz CT molecular complexity index is 720. The number of para-hydroxylation sites is 2. The summed E-state index contributed by atoms with van der Waals surface area (Å²) in [4.78, 5) is 14.9. The summed E-state index contributed by atoms with van der Waals surface area (Å²) in [6.07, 6.45) is 0.866. The smallest absolute Gasteiger partial charge is 0.312 e. The Morgan fingerprint density at radius 3 is 2.65 bits per heavy atom. The number of ether oxygens (including phenoxy) is 1. The Hall–Kier alpha value is -2.53. The first-order chi connectivity index (χ1) is 12.7. The largest absolute Gasteiger partial charge is 0.466 e. The SMILES string of the molecule is CCOC(=O)C1CN(Cc2ccccc2)CCC1Nc1ccccc1N. The van der Waals surface area contributed by atoms with E-state index < -0.39 is 0 Å². The molecule has 5 heteroatoms. The molecule has 0 saturated carbocycles. The summed E-state index contributed by atoms with van der Waals surface area (Å²) in [6.45, 7) is 4.69. The Morgan fingerprint density at radius 1 is 1.19 bits per heavy atom. The van der Waals surface area contributed by atoms with Crippen LogP contribution in [0.25, 0.3) is 0 Å². The van der Waals surface area contributed by atoms with Gasteiger partial charge in [0.2, 0.25) is 0 Å². The number of hydrogen-bond donors (Lipinski definition) is 2. The molecule has 1 aliphatic rings. The maximum Gasteiger partial charge on any atom is 0.312 e. The number of nitrogens with two attached hydrogens (primary N) is 1. The van der Waals surface area contributed by atoms with Crippen LogP contribution >= 0.6 is 0 Å². The minimum absolute atomic E-state index is 0.0192. The van der Waals surface area contributed by atoms with Crippen molar-refractivity contribution >= 4 is 17.3 Å². The van der Waals surface area contributed by atoms with E-state index in [1.54, 1.807) is 0 Å². The average molecular weight is 353 g/mol. The molecule has 1 saturated heterocycles. The number of hydrogen-bond acceptors (Lipinski definition) is 5. The molecule has 1 heterocycles. The van der Waals surface area contributed by atoms with Gasteiger partial charge in [0, 0.05) is 25.7 Å². The first kappa shape index (κ1) is 18.3. The number of nitrogens with one attached hydrogen (secondary N) is 1. The molecular weight excluding hydrogens is 326 g/mol. The topological polar surface area (TPSA) is 67.6 Å². The minimum atomic E-state index is -0.216. The van der Waals surface area contributed by atoms with Crippen LogP contribution in [0.15, 0.2) is 54.6 Å². The van der Waals surface area contributed by atoms with Crippen molar-refractivity contribution in [2.24, 2.45) is 5.92 Å². The molecule has 3 rings (SSSR count). The van der Waals surface area contributed by atoms with Crippen molar-refractivity contribution in [3.8, 4) is 0 Å². The minimum Gasteiger partial charge on any atom is -0.466 e. The second kappa shape index (κ2) is 8.72. The van der Waals surface area contributed by atoms with Gasteiger partial charge in [-0.15, -0.1) is 0 Å². The van der Waals surface area contributed by atoms with Gasteiger partial charge in [0.1, 0.15) is 0 Å². The predicted molar refractivity (Wildman–Crippen MR) is 105 cm³/mol. The third kappa shape index (κ3) is 4.55. The highest BCUT2D eigenvalue weighted by Gasteiger charge is 2.35. The van der Waals surface area contributed by atoms with Gasteiger partial charge in [-0.25, -0.2) is 0 Å². The molecule has 1 fully saturated rings. The molecule has 2 aromatic rings. The lowest BCUT2D eigenvalue weighted by Gasteiger charge is -2.38. The van der Waals surface area contributed by atoms with E-state index in [4.69, 9.17) is 10.5 Å². The van der Waals surface area contributed by atoms with Crippen molar-refractivity contribution in [3.05, 3.63) is 60.2 Å². The summed E-state index contributed by atoms with van der Waals surface area (Å²) < 4.78 is 5.34. The Balaban J connectivity index is 1.71. The van der Waals surface area contributed by atoms with Gasteiger partial charge in [0.05, 0.1) is 23.9 Å². The molecule has 0 aliphatic carbocycles. The van der Waals surface area contributed by atoms with E-state index in [0.717, 1.165) is 25.2 Å². The maximum absolute atomic E-state index is 12.6. The van der Waals surface area contributed by atoms with Crippen LogP contribution in [0.3, 0.4) is 0 Å². The monoisotopic (exact) mass is 353 g/mol. The lowest BCUT2D eigenvalue weighted by Crippen LogP contribution is -2.49. The molecule has 2 atom stereocenters. The van der Waals surface area contributed by atoms with Crippen LogP contribution in [-0.4, -0.2) is 36.6 Å². The van der Waals surface area contributed by atoms with Crippen molar-refractivity contribution in [2.45, 2.75) is 25.9 Å². The molecule has 0 spiro atoms. The second-order valence-electron chi connectivity index (χ2n) is 6.71. The van der Waals surface area contributed by atoms with Gasteiger partial charge in [0.25, 0.3) is 0 Å². The number of anilines is 2. The molecule has 2 unspecified atom stereocenters. The first-order valence-electron chi connectivity index (χ1n) is 9.21. The Morgan fingerprint density at radius 2 is 1.92 bits per heavy atom. The third-order valence-corrected chi connectivity index (χ3v) is 4.84. The van der Waals surface area contributed by atoms with Crippen molar-refractivity contribution in [2.75, 3.05) is 30.7 Å². The van der Waals surface area contributed by atoms with Gasteiger partial charge in [-0.05, 0) is 31.0 Å². The highest BCUT2D eigenvalue weighted by molar-refractivity contribution is 5.75. The lowest BCUT2D eigenvalue weighted by molar-refractivity contribution is -0.150. The summed E-state index contributed by atoms with van der Waals surface area (Å²) in [5.41, 5.74) is 8.89. The number of esters is 1. The zero-order valence-corrected chi connectivity index (χ0v) is 15.2.